The molecule has 1 aromatic heterocycles. The van der Waals surface area contributed by atoms with E-state index in [0.29, 0.717) is 48.9 Å². The largest absolute Gasteiger partial charge is 0.493 e. The summed E-state index contributed by atoms with van der Waals surface area (Å²) in [5, 5.41) is 0. The van der Waals surface area contributed by atoms with Crippen molar-refractivity contribution in [1.29, 1.82) is 0 Å². The molecule has 0 aliphatic carbocycles. The Balaban J connectivity index is 1.99. The zero-order valence-corrected chi connectivity index (χ0v) is 23.9. The van der Waals surface area contributed by atoms with Crippen LogP contribution in [0.15, 0.2) is 74.6 Å². The monoisotopic (exact) mass is 598 g/mol. The van der Waals surface area contributed by atoms with Crippen LogP contribution < -0.4 is 29.1 Å². The molecule has 0 radical (unpaired) electrons. The molecule has 0 amide bonds. The van der Waals surface area contributed by atoms with Crippen molar-refractivity contribution in [3.8, 4) is 17.2 Å². The third kappa shape index (κ3) is 5.19. The fourth-order valence-electron chi connectivity index (χ4n) is 4.19. The Morgan fingerprint density at radius 2 is 1.89 bits per heavy atom. The third-order valence-electron chi connectivity index (χ3n) is 5.88. The number of allylic oxidation sites excluding steroid dienone is 1. The highest BCUT2D eigenvalue weighted by molar-refractivity contribution is 9.10. The molecule has 1 atom stereocenters. The lowest BCUT2D eigenvalue weighted by Crippen LogP contribution is -2.40. The first kappa shape index (κ1) is 27.4. The number of esters is 1. The molecule has 38 heavy (non-hydrogen) atoms. The van der Waals surface area contributed by atoms with Crippen molar-refractivity contribution in [1.82, 2.24) is 4.57 Å². The highest BCUT2D eigenvalue weighted by Gasteiger charge is 2.35. The number of carbonyl (C=O) groups excluding carboxylic acids is 1. The Bertz CT molecular complexity index is 1600. The van der Waals surface area contributed by atoms with Crippen molar-refractivity contribution in [2.24, 2.45) is 4.99 Å². The van der Waals surface area contributed by atoms with Crippen LogP contribution in [0.4, 0.5) is 0 Å². The topological polar surface area (TPSA) is 88.3 Å². The van der Waals surface area contributed by atoms with Crippen LogP contribution in [0, 0.1) is 0 Å². The number of ether oxygens (including phenoxy) is 4. The highest BCUT2D eigenvalue weighted by Crippen LogP contribution is 2.40. The van der Waals surface area contributed by atoms with E-state index in [1.165, 1.54) is 30.1 Å². The van der Waals surface area contributed by atoms with Gasteiger partial charge in [-0.05, 0) is 43.7 Å². The fraction of sp³-hybridized carbons (Fsp3) is 0.250. The van der Waals surface area contributed by atoms with E-state index in [9.17, 15) is 9.59 Å². The van der Waals surface area contributed by atoms with Gasteiger partial charge >= 0.3 is 5.97 Å². The second-order valence-electron chi connectivity index (χ2n) is 8.17. The molecule has 198 valence electrons. The van der Waals surface area contributed by atoms with E-state index >= 15 is 0 Å². The molecule has 2 heterocycles. The highest BCUT2D eigenvalue weighted by atomic mass is 79.9. The molecule has 0 bridgehead atoms. The molecule has 4 rings (SSSR count). The van der Waals surface area contributed by atoms with Crippen LogP contribution in [0.5, 0.6) is 17.2 Å². The maximum absolute atomic E-state index is 13.9. The molecule has 0 unspecified atom stereocenters. The van der Waals surface area contributed by atoms with Gasteiger partial charge in [0.1, 0.15) is 12.4 Å². The lowest BCUT2D eigenvalue weighted by atomic mass is 9.95. The normalized spacial score (nSPS) is 15.0. The number of aromatic nitrogens is 1. The van der Waals surface area contributed by atoms with E-state index in [-0.39, 0.29) is 17.7 Å². The maximum atomic E-state index is 13.9. The van der Waals surface area contributed by atoms with Gasteiger partial charge in [-0.15, -0.1) is 0 Å². The van der Waals surface area contributed by atoms with Crippen molar-refractivity contribution in [3.05, 3.63) is 95.6 Å². The van der Waals surface area contributed by atoms with Crippen LogP contribution in [-0.4, -0.2) is 38.0 Å². The molecule has 0 saturated heterocycles. The molecule has 1 aliphatic heterocycles. The summed E-state index contributed by atoms with van der Waals surface area (Å²) in [5.41, 5.74) is 1.81. The minimum Gasteiger partial charge on any atom is -0.493 e. The lowest BCUT2D eigenvalue weighted by molar-refractivity contribution is -0.139. The van der Waals surface area contributed by atoms with E-state index in [1.807, 2.05) is 24.3 Å². The summed E-state index contributed by atoms with van der Waals surface area (Å²) in [6.07, 6.45) is 3.43. The summed E-state index contributed by atoms with van der Waals surface area (Å²) < 4.78 is 24.7. The SMILES string of the molecule is C=CCOc1ccccc1/C=c1/sc2n(c1=O)[C@@H](c1cc(OC)c(OC)cc1Br)C(C(=O)OCC)=C(C)N=2. The minimum atomic E-state index is -0.811. The van der Waals surface area contributed by atoms with E-state index in [0.717, 1.165) is 5.56 Å². The second-order valence-corrected chi connectivity index (χ2v) is 10.0. The van der Waals surface area contributed by atoms with Gasteiger partial charge in [0, 0.05) is 10.0 Å². The molecule has 3 aromatic rings. The number of thiazole rings is 1. The molecule has 1 aliphatic rings. The van der Waals surface area contributed by atoms with Gasteiger partial charge in [0.25, 0.3) is 5.56 Å². The van der Waals surface area contributed by atoms with Crippen LogP contribution in [0.25, 0.3) is 6.08 Å². The van der Waals surface area contributed by atoms with Gasteiger partial charge in [-0.3, -0.25) is 9.36 Å². The lowest BCUT2D eigenvalue weighted by Gasteiger charge is -2.26. The van der Waals surface area contributed by atoms with Crippen LogP contribution in [0.1, 0.15) is 31.0 Å². The number of fused-ring (bicyclic) bond motifs is 1. The summed E-state index contributed by atoms with van der Waals surface area (Å²) in [6, 6.07) is 10.1. The number of rotatable bonds is 9. The second kappa shape index (κ2) is 11.8. The predicted molar refractivity (Wildman–Crippen MR) is 150 cm³/mol. The zero-order chi connectivity index (χ0) is 27.4. The Morgan fingerprint density at radius 1 is 1.18 bits per heavy atom. The number of hydrogen-bond acceptors (Lipinski definition) is 8. The van der Waals surface area contributed by atoms with Crippen molar-refractivity contribution in [3.63, 3.8) is 0 Å². The smallest absolute Gasteiger partial charge is 0.338 e. The zero-order valence-electron chi connectivity index (χ0n) is 21.4. The molecule has 0 N–H and O–H groups in total. The number of benzene rings is 2. The van der Waals surface area contributed by atoms with Crippen LogP contribution in [0.2, 0.25) is 0 Å². The van der Waals surface area contributed by atoms with Crippen molar-refractivity contribution in [2.45, 2.75) is 19.9 Å². The van der Waals surface area contributed by atoms with Gasteiger partial charge in [-0.1, -0.05) is 58.1 Å². The number of halogens is 1. The molecular formula is C28H27BrN2O6S. The summed E-state index contributed by atoms with van der Waals surface area (Å²) in [4.78, 5) is 32.2. The standard InChI is InChI=1S/C28H27BrN2O6S/c1-6-12-37-20-11-9-8-10-17(20)13-23-26(32)31-25(18-14-21(34-4)22(35-5)15-19(18)29)24(27(33)36-7-2)16(3)30-28(31)38-23/h6,8-11,13-15,25H,1,7,12H2,2-5H3/b23-13+/t25-/m0/s1. The first-order chi connectivity index (χ1) is 18.3. The van der Waals surface area contributed by atoms with Gasteiger partial charge in [0.2, 0.25) is 0 Å². The average Bonchev–Trinajstić information content (AvgIpc) is 3.21. The third-order valence-corrected chi connectivity index (χ3v) is 7.55. The Kier molecular flexibility index (Phi) is 8.53. The van der Waals surface area contributed by atoms with Crippen LogP contribution in [-0.2, 0) is 9.53 Å². The first-order valence-corrected chi connectivity index (χ1v) is 13.4. The van der Waals surface area contributed by atoms with Crippen LogP contribution >= 0.6 is 27.3 Å². The molecule has 0 saturated carbocycles. The Morgan fingerprint density at radius 3 is 2.58 bits per heavy atom. The molecule has 2 aromatic carbocycles. The van der Waals surface area contributed by atoms with Gasteiger partial charge in [0.15, 0.2) is 16.3 Å². The molecule has 0 spiro atoms. The molecular weight excluding hydrogens is 572 g/mol. The summed E-state index contributed by atoms with van der Waals surface area (Å²) in [5.74, 6) is 1.04. The van der Waals surface area contributed by atoms with Crippen LogP contribution in [0.3, 0.4) is 0 Å². The van der Waals surface area contributed by atoms with Crippen molar-refractivity contribution >= 4 is 39.3 Å². The first-order valence-electron chi connectivity index (χ1n) is 11.8. The molecule has 8 nitrogen and oxygen atoms in total. The minimum absolute atomic E-state index is 0.182. The summed E-state index contributed by atoms with van der Waals surface area (Å²) in [6.45, 7) is 7.68. The molecule has 10 heteroatoms. The molecule has 0 fully saturated rings. The van der Waals surface area contributed by atoms with Gasteiger partial charge in [-0.2, -0.15) is 0 Å². The number of hydrogen-bond donors (Lipinski definition) is 0. The van der Waals surface area contributed by atoms with E-state index in [2.05, 4.69) is 27.5 Å². The maximum Gasteiger partial charge on any atom is 0.338 e. The summed E-state index contributed by atoms with van der Waals surface area (Å²) in [7, 11) is 3.07. The number of methoxy groups -OCH3 is 2. The van der Waals surface area contributed by atoms with Crippen molar-refractivity contribution < 1.29 is 23.7 Å². The van der Waals surface area contributed by atoms with Gasteiger partial charge < -0.3 is 18.9 Å². The summed E-state index contributed by atoms with van der Waals surface area (Å²) >= 11 is 4.84. The number of nitrogens with zero attached hydrogens (tertiary/aromatic N) is 2. The quantitative estimate of drug-likeness (QED) is 0.272. The van der Waals surface area contributed by atoms with E-state index in [1.54, 1.807) is 38.1 Å². The van der Waals surface area contributed by atoms with Crippen molar-refractivity contribution in [2.75, 3.05) is 27.4 Å². The van der Waals surface area contributed by atoms with Gasteiger partial charge in [-0.25, -0.2) is 9.79 Å². The number of carbonyl (C=O) groups is 1. The van der Waals surface area contributed by atoms with Gasteiger partial charge in [0.05, 0.1) is 42.7 Å². The fourth-order valence-corrected chi connectivity index (χ4v) is 5.76. The predicted octanol–water partition coefficient (Wildman–Crippen LogP) is 4.14. The average molecular weight is 600 g/mol. The number of para-hydroxylation sites is 1. The Hall–Kier alpha value is -3.63. The Labute approximate surface area is 232 Å². The van der Waals surface area contributed by atoms with E-state index < -0.39 is 12.0 Å². The van der Waals surface area contributed by atoms with E-state index in [4.69, 9.17) is 18.9 Å².